The second-order valence-corrected chi connectivity index (χ2v) is 6.22. The van der Waals surface area contributed by atoms with E-state index in [-0.39, 0.29) is 29.8 Å². The van der Waals surface area contributed by atoms with Gasteiger partial charge in [-0.25, -0.2) is 14.4 Å². The van der Waals surface area contributed by atoms with E-state index in [0.717, 1.165) is 18.1 Å². The average Bonchev–Trinajstić information content (AvgIpc) is 3.30. The SMILES string of the molecule is CCNC(=NCc1ccnc(Oc2ccc(F)cc2)c1)NC1CC1C.I. The summed E-state index contributed by atoms with van der Waals surface area (Å²) in [5, 5.41) is 6.69. The number of halogens is 2. The molecule has 0 aliphatic heterocycles. The number of benzene rings is 1. The summed E-state index contributed by atoms with van der Waals surface area (Å²) < 4.78 is 18.6. The van der Waals surface area contributed by atoms with Crippen LogP contribution in [0.2, 0.25) is 0 Å². The third-order valence-electron chi connectivity index (χ3n) is 4.03. The number of pyridine rings is 1. The molecule has 5 nitrogen and oxygen atoms in total. The molecule has 1 aromatic heterocycles. The van der Waals surface area contributed by atoms with Crippen molar-refractivity contribution in [3.8, 4) is 11.6 Å². The lowest BCUT2D eigenvalue weighted by molar-refractivity contribution is 0.460. The predicted octanol–water partition coefficient (Wildman–Crippen LogP) is 4.09. The molecule has 0 bridgehead atoms. The van der Waals surface area contributed by atoms with Crippen molar-refractivity contribution in [1.82, 2.24) is 15.6 Å². The van der Waals surface area contributed by atoms with Gasteiger partial charge in [0.05, 0.1) is 6.54 Å². The van der Waals surface area contributed by atoms with Gasteiger partial charge in [-0.1, -0.05) is 6.92 Å². The van der Waals surface area contributed by atoms with E-state index in [1.54, 1.807) is 18.3 Å². The van der Waals surface area contributed by atoms with Gasteiger partial charge in [-0.15, -0.1) is 24.0 Å². The Bertz CT molecular complexity index is 739. The number of nitrogens with one attached hydrogen (secondary N) is 2. The highest BCUT2D eigenvalue weighted by Crippen LogP contribution is 2.28. The van der Waals surface area contributed by atoms with Crippen LogP contribution >= 0.6 is 24.0 Å². The van der Waals surface area contributed by atoms with Gasteiger partial charge in [0.2, 0.25) is 5.88 Å². The zero-order valence-corrected chi connectivity index (χ0v) is 17.2. The fourth-order valence-electron chi connectivity index (χ4n) is 2.42. The smallest absolute Gasteiger partial charge is 0.219 e. The van der Waals surface area contributed by atoms with Crippen molar-refractivity contribution in [2.45, 2.75) is 32.9 Å². The van der Waals surface area contributed by atoms with E-state index in [9.17, 15) is 4.39 Å². The summed E-state index contributed by atoms with van der Waals surface area (Å²) in [6.45, 7) is 5.62. The van der Waals surface area contributed by atoms with Gasteiger partial charge in [0.1, 0.15) is 11.6 Å². The highest BCUT2D eigenvalue weighted by molar-refractivity contribution is 14.0. The highest BCUT2D eigenvalue weighted by atomic mass is 127. The number of rotatable bonds is 6. The minimum absolute atomic E-state index is 0. The lowest BCUT2D eigenvalue weighted by atomic mass is 10.2. The van der Waals surface area contributed by atoms with Crippen LogP contribution in [-0.4, -0.2) is 23.5 Å². The third-order valence-corrected chi connectivity index (χ3v) is 4.03. The summed E-state index contributed by atoms with van der Waals surface area (Å²) in [5.41, 5.74) is 0.994. The molecule has 1 aromatic carbocycles. The van der Waals surface area contributed by atoms with Crippen LogP contribution in [0.3, 0.4) is 0 Å². The predicted molar refractivity (Wildman–Crippen MR) is 112 cm³/mol. The van der Waals surface area contributed by atoms with Crippen LogP contribution in [0.25, 0.3) is 0 Å². The number of nitrogens with zero attached hydrogens (tertiary/aromatic N) is 2. The van der Waals surface area contributed by atoms with Gasteiger partial charge in [-0.3, -0.25) is 0 Å². The first-order chi connectivity index (χ1) is 12.1. The van der Waals surface area contributed by atoms with E-state index in [1.165, 1.54) is 18.6 Å². The van der Waals surface area contributed by atoms with Gasteiger partial charge in [-0.2, -0.15) is 0 Å². The maximum Gasteiger partial charge on any atom is 0.219 e. The molecular formula is C19H24FIN4O. The molecule has 140 valence electrons. The average molecular weight is 470 g/mol. The van der Waals surface area contributed by atoms with Crippen LogP contribution in [0.4, 0.5) is 4.39 Å². The number of aliphatic imine (C=N–C) groups is 1. The third kappa shape index (κ3) is 6.12. The zero-order valence-electron chi connectivity index (χ0n) is 14.9. The molecule has 2 N–H and O–H groups in total. The highest BCUT2D eigenvalue weighted by Gasteiger charge is 2.33. The van der Waals surface area contributed by atoms with Crippen molar-refractivity contribution in [3.05, 3.63) is 54.0 Å². The number of guanidine groups is 1. The van der Waals surface area contributed by atoms with Gasteiger partial charge >= 0.3 is 0 Å². The van der Waals surface area contributed by atoms with E-state index < -0.39 is 0 Å². The summed E-state index contributed by atoms with van der Waals surface area (Å²) in [7, 11) is 0. The Balaban J connectivity index is 0.00000243. The monoisotopic (exact) mass is 470 g/mol. The molecule has 0 radical (unpaired) electrons. The lowest BCUT2D eigenvalue weighted by Crippen LogP contribution is -2.39. The van der Waals surface area contributed by atoms with E-state index in [2.05, 4.69) is 34.5 Å². The maximum atomic E-state index is 12.9. The van der Waals surface area contributed by atoms with Crippen molar-refractivity contribution < 1.29 is 9.13 Å². The molecule has 3 rings (SSSR count). The van der Waals surface area contributed by atoms with Crippen LogP contribution in [0, 0.1) is 11.7 Å². The fraction of sp³-hybridized carbons (Fsp3) is 0.368. The van der Waals surface area contributed by atoms with Crippen LogP contribution in [-0.2, 0) is 6.54 Å². The van der Waals surface area contributed by atoms with Gasteiger partial charge in [0.15, 0.2) is 5.96 Å². The van der Waals surface area contributed by atoms with E-state index in [4.69, 9.17) is 4.74 Å². The molecule has 0 spiro atoms. The summed E-state index contributed by atoms with van der Waals surface area (Å²) in [6, 6.07) is 10.1. The van der Waals surface area contributed by atoms with Crippen LogP contribution in [0.15, 0.2) is 47.6 Å². The van der Waals surface area contributed by atoms with Crippen molar-refractivity contribution in [3.63, 3.8) is 0 Å². The molecule has 26 heavy (non-hydrogen) atoms. The molecule has 1 saturated carbocycles. The van der Waals surface area contributed by atoms with Gasteiger partial charge in [0.25, 0.3) is 0 Å². The van der Waals surface area contributed by atoms with Crippen LogP contribution < -0.4 is 15.4 Å². The molecule has 1 fully saturated rings. The van der Waals surface area contributed by atoms with E-state index in [1.807, 2.05) is 12.1 Å². The number of hydrogen-bond acceptors (Lipinski definition) is 3. The lowest BCUT2D eigenvalue weighted by Gasteiger charge is -2.11. The zero-order chi connectivity index (χ0) is 17.6. The first kappa shape index (κ1) is 20.4. The Morgan fingerprint density at radius 1 is 1.31 bits per heavy atom. The molecule has 2 aromatic rings. The van der Waals surface area contributed by atoms with Gasteiger partial charge in [-0.05, 0) is 55.2 Å². The van der Waals surface area contributed by atoms with Gasteiger partial charge < -0.3 is 15.4 Å². The first-order valence-electron chi connectivity index (χ1n) is 8.57. The molecule has 0 saturated heterocycles. The Morgan fingerprint density at radius 3 is 2.69 bits per heavy atom. The van der Waals surface area contributed by atoms with Crippen LogP contribution in [0.5, 0.6) is 11.6 Å². The number of hydrogen-bond donors (Lipinski definition) is 2. The van der Waals surface area contributed by atoms with Crippen LogP contribution in [0.1, 0.15) is 25.8 Å². The summed E-state index contributed by atoms with van der Waals surface area (Å²) >= 11 is 0. The summed E-state index contributed by atoms with van der Waals surface area (Å²) in [5.74, 6) is 2.26. The first-order valence-corrected chi connectivity index (χ1v) is 8.57. The Hall–Kier alpha value is -1.90. The number of ether oxygens (including phenoxy) is 1. The molecule has 2 unspecified atom stereocenters. The Labute approximate surface area is 170 Å². The van der Waals surface area contributed by atoms with Crippen molar-refractivity contribution in [2.24, 2.45) is 10.9 Å². The van der Waals surface area contributed by atoms with Crippen molar-refractivity contribution in [1.29, 1.82) is 0 Å². The topological polar surface area (TPSA) is 58.5 Å². The quantitative estimate of drug-likeness (QED) is 0.380. The molecule has 1 aliphatic rings. The molecule has 1 heterocycles. The maximum absolute atomic E-state index is 12.9. The molecular weight excluding hydrogens is 446 g/mol. The molecule has 2 atom stereocenters. The Morgan fingerprint density at radius 2 is 2.04 bits per heavy atom. The summed E-state index contributed by atoms with van der Waals surface area (Å²) in [4.78, 5) is 8.81. The minimum atomic E-state index is -0.295. The largest absolute Gasteiger partial charge is 0.439 e. The number of aromatic nitrogens is 1. The molecule has 1 aliphatic carbocycles. The normalized spacial score (nSPS) is 18.7. The van der Waals surface area contributed by atoms with E-state index in [0.29, 0.717) is 30.1 Å². The fourth-order valence-corrected chi connectivity index (χ4v) is 2.42. The molecule has 0 amide bonds. The molecule has 7 heteroatoms. The van der Waals surface area contributed by atoms with Crippen molar-refractivity contribution >= 4 is 29.9 Å². The minimum Gasteiger partial charge on any atom is -0.439 e. The van der Waals surface area contributed by atoms with E-state index >= 15 is 0 Å². The van der Waals surface area contributed by atoms with Gasteiger partial charge in [0, 0.05) is 24.8 Å². The standard InChI is InChI=1S/C19H23FN4O.HI/c1-3-21-19(24-17-10-13(17)2)23-12-14-8-9-22-18(11-14)25-16-6-4-15(20)5-7-16;/h4-9,11,13,17H,3,10,12H2,1-2H3,(H2,21,23,24);1H. The second kappa shape index (κ2) is 9.70. The summed E-state index contributed by atoms with van der Waals surface area (Å²) in [6.07, 6.45) is 2.88. The second-order valence-electron chi connectivity index (χ2n) is 6.22. The van der Waals surface area contributed by atoms with Crippen molar-refractivity contribution in [2.75, 3.05) is 6.54 Å². The Kier molecular flexibility index (Phi) is 7.62.